The molecule has 2 aromatic carbocycles. The van der Waals surface area contributed by atoms with E-state index in [1.807, 2.05) is 24.3 Å². The topological polar surface area (TPSA) is 69.2 Å². The molecule has 0 fully saturated rings. The molecule has 0 unspecified atom stereocenters. The highest BCUT2D eigenvalue weighted by Crippen LogP contribution is 2.32. The number of nitrogens with zero attached hydrogens (tertiary/aromatic N) is 1. The number of carbonyl (C=O) groups excluding carboxylic acids is 1. The number of carbonyl (C=O) groups is 1. The Morgan fingerprint density at radius 1 is 1.20 bits per heavy atom. The third-order valence-electron chi connectivity index (χ3n) is 3.72. The zero-order valence-electron chi connectivity index (χ0n) is 13.2. The first-order valence-corrected chi connectivity index (χ1v) is 8.55. The summed E-state index contributed by atoms with van der Waals surface area (Å²) in [5, 5.41) is 6.17. The van der Waals surface area contributed by atoms with Crippen molar-refractivity contribution in [3.8, 4) is 11.5 Å². The minimum absolute atomic E-state index is 0.0411. The van der Waals surface area contributed by atoms with Gasteiger partial charge in [0.25, 0.3) is 5.23 Å². The molecule has 7 heteroatoms. The number of benzene rings is 2. The van der Waals surface area contributed by atoms with Crippen LogP contribution in [0.2, 0.25) is 0 Å². The Bertz CT molecular complexity index is 987. The second-order valence-corrected chi connectivity index (χ2v) is 6.28. The van der Waals surface area contributed by atoms with Crippen LogP contribution in [0.3, 0.4) is 0 Å². The Morgan fingerprint density at radius 2 is 2.04 bits per heavy atom. The van der Waals surface area contributed by atoms with E-state index in [1.54, 1.807) is 18.2 Å². The van der Waals surface area contributed by atoms with Crippen LogP contribution in [-0.4, -0.2) is 23.6 Å². The average molecular weight is 354 g/mol. The number of thioether (sulfide) groups is 1. The molecule has 6 nitrogen and oxygen atoms in total. The highest BCUT2D eigenvalue weighted by atomic mass is 32.2. The Kier molecular flexibility index (Phi) is 4.07. The van der Waals surface area contributed by atoms with E-state index >= 15 is 0 Å². The number of hydrazone groups is 1. The third kappa shape index (κ3) is 3.18. The molecular formula is C18H14N2O4S. The van der Waals surface area contributed by atoms with Crippen molar-refractivity contribution in [3.63, 3.8) is 0 Å². The lowest BCUT2D eigenvalue weighted by Gasteiger charge is -2.03. The van der Waals surface area contributed by atoms with Crippen molar-refractivity contribution in [3.05, 3.63) is 58.5 Å². The standard InChI is InChI=1S/C18H14N2O4S/c1-11-4-2-3-5-13(11)17-19-20-18(24-17)25-9-14(21)12-6-7-15-16(8-12)23-10-22-15/h2-8,19H,1,9-10H2. The predicted octanol–water partition coefficient (Wildman–Crippen LogP) is 1.40. The van der Waals surface area contributed by atoms with Crippen molar-refractivity contribution < 1.29 is 19.0 Å². The van der Waals surface area contributed by atoms with Gasteiger partial charge in [-0.25, -0.2) is 5.43 Å². The lowest BCUT2D eigenvalue weighted by atomic mass is 10.1. The minimum Gasteiger partial charge on any atom is -0.454 e. The maximum Gasteiger partial charge on any atom is 0.274 e. The third-order valence-corrected chi connectivity index (χ3v) is 4.55. The molecule has 0 saturated heterocycles. The van der Waals surface area contributed by atoms with Gasteiger partial charge in [0.05, 0.1) is 5.75 Å². The van der Waals surface area contributed by atoms with Crippen LogP contribution in [-0.2, 0) is 4.74 Å². The van der Waals surface area contributed by atoms with Gasteiger partial charge < -0.3 is 14.2 Å². The molecular weight excluding hydrogens is 340 g/mol. The fourth-order valence-corrected chi connectivity index (χ4v) is 3.10. The summed E-state index contributed by atoms with van der Waals surface area (Å²) in [6.45, 7) is 4.14. The molecule has 0 atom stereocenters. The minimum atomic E-state index is -0.0411. The quantitative estimate of drug-likeness (QED) is 0.841. The monoisotopic (exact) mass is 354 g/mol. The largest absolute Gasteiger partial charge is 0.454 e. The van der Waals surface area contributed by atoms with Gasteiger partial charge in [-0.2, -0.15) is 0 Å². The van der Waals surface area contributed by atoms with E-state index < -0.39 is 0 Å². The molecule has 126 valence electrons. The second-order valence-electron chi connectivity index (χ2n) is 5.36. The van der Waals surface area contributed by atoms with Crippen LogP contribution in [0.5, 0.6) is 11.5 Å². The highest BCUT2D eigenvalue weighted by Gasteiger charge is 2.19. The molecule has 1 N–H and O–H groups in total. The number of hydrogen-bond donors (Lipinski definition) is 1. The molecule has 2 heterocycles. The number of nitrogens with one attached hydrogen (secondary N) is 1. The van der Waals surface area contributed by atoms with E-state index in [0.29, 0.717) is 28.2 Å². The van der Waals surface area contributed by atoms with Crippen LogP contribution in [0, 0.1) is 0 Å². The summed E-state index contributed by atoms with van der Waals surface area (Å²) in [6.07, 6.45) is 0. The van der Waals surface area contributed by atoms with E-state index in [0.717, 1.165) is 10.4 Å². The van der Waals surface area contributed by atoms with Gasteiger partial charge in [-0.3, -0.25) is 4.79 Å². The Hall–Kier alpha value is -2.93. The molecule has 2 aromatic rings. The molecule has 0 aromatic heterocycles. The number of ketones is 1. The van der Waals surface area contributed by atoms with Crippen molar-refractivity contribution in [2.45, 2.75) is 0 Å². The predicted molar refractivity (Wildman–Crippen MR) is 95.6 cm³/mol. The van der Waals surface area contributed by atoms with E-state index in [2.05, 4.69) is 17.1 Å². The summed E-state index contributed by atoms with van der Waals surface area (Å²) in [4.78, 5) is 12.3. The first-order chi connectivity index (χ1) is 12.2. The highest BCUT2D eigenvalue weighted by molar-refractivity contribution is 8.14. The smallest absolute Gasteiger partial charge is 0.274 e. The molecule has 0 saturated carbocycles. The lowest BCUT2D eigenvalue weighted by molar-refractivity contribution is 0.102. The molecule has 0 aliphatic carbocycles. The van der Waals surface area contributed by atoms with E-state index in [4.69, 9.17) is 14.2 Å². The summed E-state index contributed by atoms with van der Waals surface area (Å²) in [6, 6.07) is 12.7. The first kappa shape index (κ1) is 15.6. The maximum absolute atomic E-state index is 12.3. The number of fused-ring (bicyclic) bond motifs is 1. The van der Waals surface area contributed by atoms with Crippen molar-refractivity contribution in [1.82, 2.24) is 5.43 Å². The molecule has 0 radical (unpaired) electrons. The fraction of sp³-hybridized carbons (Fsp3) is 0.111. The molecule has 0 spiro atoms. The molecule has 2 aliphatic rings. The number of rotatable bonds is 3. The molecule has 2 aliphatic heterocycles. The Labute approximate surface area is 147 Å². The van der Waals surface area contributed by atoms with Gasteiger partial charge in [-0.05, 0) is 29.5 Å². The Morgan fingerprint density at radius 3 is 2.92 bits per heavy atom. The van der Waals surface area contributed by atoms with Crippen LogP contribution < -0.4 is 25.3 Å². The van der Waals surface area contributed by atoms with Crippen molar-refractivity contribution >= 4 is 35.2 Å². The number of ether oxygens (including phenoxy) is 3. The summed E-state index contributed by atoms with van der Waals surface area (Å²) in [7, 11) is 0. The van der Waals surface area contributed by atoms with Crippen molar-refractivity contribution in [2.24, 2.45) is 5.10 Å². The zero-order valence-corrected chi connectivity index (χ0v) is 14.0. The van der Waals surface area contributed by atoms with Gasteiger partial charge in [-0.1, -0.05) is 36.5 Å². The molecule has 25 heavy (non-hydrogen) atoms. The zero-order chi connectivity index (χ0) is 17.2. The summed E-state index contributed by atoms with van der Waals surface area (Å²) in [5.41, 5.74) is 3.40. The van der Waals surface area contributed by atoms with Crippen molar-refractivity contribution in [1.29, 1.82) is 0 Å². The normalized spacial score (nSPS) is 16.9. The van der Waals surface area contributed by atoms with E-state index in [9.17, 15) is 4.79 Å². The van der Waals surface area contributed by atoms with Crippen LogP contribution in [0.25, 0.3) is 12.5 Å². The second kappa shape index (κ2) is 6.52. The summed E-state index contributed by atoms with van der Waals surface area (Å²) < 4.78 is 16.2. The number of hydrogen-bond acceptors (Lipinski definition) is 7. The van der Waals surface area contributed by atoms with Crippen LogP contribution in [0.1, 0.15) is 10.4 Å². The van der Waals surface area contributed by atoms with Gasteiger partial charge >= 0.3 is 0 Å². The Balaban J connectivity index is 1.41. The molecule has 4 rings (SSSR count). The van der Waals surface area contributed by atoms with Gasteiger partial charge in [0.1, 0.15) is 0 Å². The summed E-state index contributed by atoms with van der Waals surface area (Å²) in [5.74, 6) is 1.93. The van der Waals surface area contributed by atoms with E-state index in [-0.39, 0.29) is 18.3 Å². The lowest BCUT2D eigenvalue weighted by Crippen LogP contribution is -2.28. The molecule has 0 amide bonds. The van der Waals surface area contributed by atoms with Crippen LogP contribution in [0.15, 0.2) is 47.6 Å². The van der Waals surface area contributed by atoms with Crippen LogP contribution in [0.4, 0.5) is 0 Å². The fourth-order valence-electron chi connectivity index (χ4n) is 2.43. The van der Waals surface area contributed by atoms with Crippen molar-refractivity contribution in [2.75, 3.05) is 12.5 Å². The van der Waals surface area contributed by atoms with Gasteiger partial charge in [-0.15, -0.1) is 5.10 Å². The average Bonchev–Trinajstić information content (AvgIpc) is 3.28. The van der Waals surface area contributed by atoms with Crippen LogP contribution >= 0.6 is 11.8 Å². The molecule has 0 bridgehead atoms. The maximum atomic E-state index is 12.3. The number of Topliss-reactive ketones (excluding diaryl/α,β-unsaturated/α-hetero) is 1. The van der Waals surface area contributed by atoms with Gasteiger partial charge in [0.2, 0.25) is 12.7 Å². The summed E-state index contributed by atoms with van der Waals surface area (Å²) >= 11 is 1.23. The van der Waals surface area contributed by atoms with E-state index in [1.165, 1.54) is 11.8 Å². The first-order valence-electron chi connectivity index (χ1n) is 7.56. The van der Waals surface area contributed by atoms with Gasteiger partial charge in [0.15, 0.2) is 17.3 Å². The van der Waals surface area contributed by atoms with Gasteiger partial charge in [0, 0.05) is 10.8 Å². The SMILES string of the molecule is C=c1ccccc1=C1NN=C(SCC(=O)c2ccc3c(c2)OCO3)O1.